The second kappa shape index (κ2) is 8.99. The number of nitrogens with one attached hydrogen (secondary N) is 2. The van der Waals surface area contributed by atoms with Crippen LogP contribution in [0.15, 0.2) is 48.5 Å². The molecular weight excluding hydrogens is 364 g/mol. The molecule has 0 atom stereocenters. The number of rotatable bonds is 4. The lowest BCUT2D eigenvalue weighted by Gasteiger charge is -2.31. The number of carbonyl (C=O) groups is 2. The van der Waals surface area contributed by atoms with Crippen LogP contribution in [0.3, 0.4) is 0 Å². The van der Waals surface area contributed by atoms with Crippen molar-refractivity contribution in [1.29, 1.82) is 0 Å². The fourth-order valence-electron chi connectivity index (χ4n) is 4.10. The van der Waals surface area contributed by atoms with Crippen LogP contribution in [-0.2, 0) is 0 Å². The fraction of sp³-hybridized carbons (Fsp3) is 0.391. The Hall–Kier alpha value is -3.02. The summed E-state index contributed by atoms with van der Waals surface area (Å²) in [6, 6.07) is 14.7. The minimum absolute atomic E-state index is 0.0650. The van der Waals surface area contributed by atoms with E-state index in [-0.39, 0.29) is 11.9 Å². The second-order valence-electron chi connectivity index (χ2n) is 7.72. The van der Waals surface area contributed by atoms with Crippen LogP contribution in [0.5, 0.6) is 0 Å². The quantitative estimate of drug-likeness (QED) is 0.802. The van der Waals surface area contributed by atoms with Crippen molar-refractivity contribution in [3.8, 4) is 0 Å². The Morgan fingerprint density at radius 2 is 1.38 bits per heavy atom. The monoisotopic (exact) mass is 392 g/mol. The lowest BCUT2D eigenvalue weighted by molar-refractivity contribution is 0.0793. The number of urea groups is 1. The van der Waals surface area contributed by atoms with Crippen LogP contribution in [0.1, 0.15) is 42.5 Å². The van der Waals surface area contributed by atoms with Gasteiger partial charge < -0.3 is 20.4 Å². The van der Waals surface area contributed by atoms with Gasteiger partial charge in [-0.15, -0.1) is 0 Å². The minimum Gasteiger partial charge on any atom is -0.371 e. The number of nitrogens with zero attached hydrogens (tertiary/aromatic N) is 2. The lowest BCUT2D eigenvalue weighted by atomic mass is 10.1. The van der Waals surface area contributed by atoms with Crippen molar-refractivity contribution in [1.82, 2.24) is 4.90 Å². The molecule has 152 valence electrons. The molecule has 2 saturated heterocycles. The number of hydrogen-bond acceptors (Lipinski definition) is 3. The molecule has 0 aliphatic carbocycles. The molecule has 0 radical (unpaired) electrons. The summed E-state index contributed by atoms with van der Waals surface area (Å²) in [6.45, 7) is 3.57. The van der Waals surface area contributed by atoms with Gasteiger partial charge in [-0.05, 0) is 62.4 Å². The van der Waals surface area contributed by atoms with Gasteiger partial charge in [0.1, 0.15) is 0 Å². The third kappa shape index (κ3) is 4.70. The first kappa shape index (κ1) is 19.3. The van der Waals surface area contributed by atoms with Crippen LogP contribution >= 0.6 is 0 Å². The molecule has 2 aromatic carbocycles. The highest BCUT2D eigenvalue weighted by molar-refractivity contribution is 6.04. The van der Waals surface area contributed by atoms with Crippen LogP contribution in [0.25, 0.3) is 0 Å². The standard InChI is InChI=1S/C23H28N4O2/c28-22(27-15-7-8-16-27)20-17-19(11-12-21(20)26-13-5-2-6-14-26)25-23(29)24-18-9-3-1-4-10-18/h1,3-4,9-12,17H,2,5-8,13-16H2,(H2,24,25,29). The summed E-state index contributed by atoms with van der Waals surface area (Å²) < 4.78 is 0. The van der Waals surface area contributed by atoms with E-state index in [4.69, 9.17) is 0 Å². The van der Waals surface area contributed by atoms with E-state index < -0.39 is 0 Å². The second-order valence-corrected chi connectivity index (χ2v) is 7.72. The van der Waals surface area contributed by atoms with Crippen LogP contribution in [0.2, 0.25) is 0 Å². The van der Waals surface area contributed by atoms with E-state index in [2.05, 4.69) is 15.5 Å². The molecule has 2 fully saturated rings. The molecule has 0 saturated carbocycles. The molecule has 2 heterocycles. The summed E-state index contributed by atoms with van der Waals surface area (Å²) in [5.74, 6) is 0.0650. The maximum Gasteiger partial charge on any atom is 0.323 e. The van der Waals surface area contributed by atoms with Crippen LogP contribution in [0.4, 0.5) is 21.9 Å². The highest BCUT2D eigenvalue weighted by Crippen LogP contribution is 2.29. The van der Waals surface area contributed by atoms with Gasteiger partial charge in [0.05, 0.1) is 5.56 Å². The van der Waals surface area contributed by atoms with Gasteiger partial charge in [-0.2, -0.15) is 0 Å². The van der Waals surface area contributed by atoms with E-state index >= 15 is 0 Å². The Labute approximate surface area is 171 Å². The molecule has 4 rings (SSSR count). The van der Waals surface area contributed by atoms with Gasteiger partial charge in [0, 0.05) is 43.2 Å². The normalized spacial score (nSPS) is 16.6. The third-order valence-electron chi connectivity index (χ3n) is 5.61. The zero-order valence-electron chi connectivity index (χ0n) is 16.7. The topological polar surface area (TPSA) is 64.7 Å². The van der Waals surface area contributed by atoms with E-state index in [0.717, 1.165) is 63.2 Å². The molecule has 2 N–H and O–H groups in total. The highest BCUT2D eigenvalue weighted by Gasteiger charge is 2.25. The number of amides is 3. The average Bonchev–Trinajstić information content (AvgIpc) is 3.29. The molecule has 29 heavy (non-hydrogen) atoms. The third-order valence-corrected chi connectivity index (χ3v) is 5.61. The number of benzene rings is 2. The van der Waals surface area contributed by atoms with Crippen LogP contribution < -0.4 is 15.5 Å². The van der Waals surface area contributed by atoms with Crippen molar-refractivity contribution in [2.75, 3.05) is 41.7 Å². The van der Waals surface area contributed by atoms with Crippen molar-refractivity contribution >= 4 is 29.0 Å². The van der Waals surface area contributed by atoms with Gasteiger partial charge in [-0.1, -0.05) is 18.2 Å². The van der Waals surface area contributed by atoms with Crippen molar-refractivity contribution in [2.24, 2.45) is 0 Å². The Bertz CT molecular complexity index is 856. The minimum atomic E-state index is -0.318. The lowest BCUT2D eigenvalue weighted by Crippen LogP contribution is -2.34. The summed E-state index contributed by atoms with van der Waals surface area (Å²) in [5.41, 5.74) is 3.02. The highest BCUT2D eigenvalue weighted by atomic mass is 16.2. The molecular formula is C23H28N4O2. The molecule has 0 aromatic heterocycles. The van der Waals surface area contributed by atoms with E-state index in [1.807, 2.05) is 53.4 Å². The van der Waals surface area contributed by atoms with Crippen molar-refractivity contribution in [3.05, 3.63) is 54.1 Å². The number of carbonyl (C=O) groups excluding carboxylic acids is 2. The van der Waals surface area contributed by atoms with Crippen LogP contribution in [-0.4, -0.2) is 43.0 Å². The van der Waals surface area contributed by atoms with Crippen molar-refractivity contribution in [2.45, 2.75) is 32.1 Å². The van der Waals surface area contributed by atoms with E-state index in [9.17, 15) is 9.59 Å². The zero-order chi connectivity index (χ0) is 20.1. The fourth-order valence-corrected chi connectivity index (χ4v) is 4.10. The van der Waals surface area contributed by atoms with E-state index in [0.29, 0.717) is 11.3 Å². The molecule has 6 heteroatoms. The Morgan fingerprint density at radius 3 is 2.10 bits per heavy atom. The molecule has 0 unspecified atom stereocenters. The Balaban J connectivity index is 1.55. The maximum absolute atomic E-state index is 13.2. The van der Waals surface area contributed by atoms with Gasteiger partial charge >= 0.3 is 6.03 Å². The van der Waals surface area contributed by atoms with E-state index in [1.54, 1.807) is 0 Å². The van der Waals surface area contributed by atoms with Gasteiger partial charge in [-0.3, -0.25) is 4.79 Å². The average molecular weight is 393 g/mol. The zero-order valence-corrected chi connectivity index (χ0v) is 16.7. The van der Waals surface area contributed by atoms with Crippen molar-refractivity contribution in [3.63, 3.8) is 0 Å². The van der Waals surface area contributed by atoms with E-state index in [1.165, 1.54) is 6.42 Å². The van der Waals surface area contributed by atoms with Gasteiger partial charge in [0.15, 0.2) is 0 Å². The van der Waals surface area contributed by atoms with Crippen LogP contribution in [0, 0.1) is 0 Å². The SMILES string of the molecule is O=C(Nc1ccccc1)Nc1ccc(N2CCCCC2)c(C(=O)N2CCCC2)c1. The Kier molecular flexibility index (Phi) is 5.98. The molecule has 3 amide bonds. The molecule has 0 spiro atoms. The molecule has 0 bridgehead atoms. The predicted octanol–water partition coefficient (Wildman–Crippen LogP) is 4.56. The summed E-state index contributed by atoms with van der Waals surface area (Å²) in [7, 11) is 0. The number of hydrogen-bond donors (Lipinski definition) is 2. The predicted molar refractivity (Wildman–Crippen MR) is 117 cm³/mol. The maximum atomic E-state index is 13.2. The first-order valence-electron chi connectivity index (χ1n) is 10.5. The van der Waals surface area contributed by atoms with Gasteiger partial charge in [0.25, 0.3) is 5.91 Å². The largest absolute Gasteiger partial charge is 0.371 e. The van der Waals surface area contributed by atoms with Gasteiger partial charge in [-0.25, -0.2) is 4.79 Å². The number of para-hydroxylation sites is 1. The van der Waals surface area contributed by atoms with Crippen molar-refractivity contribution < 1.29 is 9.59 Å². The summed E-state index contributed by atoms with van der Waals surface area (Å²) in [4.78, 5) is 29.8. The number of piperidine rings is 1. The number of anilines is 3. The summed E-state index contributed by atoms with van der Waals surface area (Å²) in [6.07, 6.45) is 5.66. The molecule has 2 aliphatic heterocycles. The first-order valence-corrected chi connectivity index (χ1v) is 10.5. The summed E-state index contributed by atoms with van der Waals surface area (Å²) >= 11 is 0. The molecule has 2 aliphatic rings. The first-order chi connectivity index (χ1) is 14.2. The molecule has 2 aromatic rings. The number of likely N-dealkylation sites (tertiary alicyclic amines) is 1. The molecule has 6 nitrogen and oxygen atoms in total. The summed E-state index contributed by atoms with van der Waals surface area (Å²) in [5, 5.41) is 5.68. The van der Waals surface area contributed by atoms with Gasteiger partial charge in [0.2, 0.25) is 0 Å². The Morgan fingerprint density at radius 1 is 0.724 bits per heavy atom. The smallest absolute Gasteiger partial charge is 0.323 e.